The van der Waals surface area contributed by atoms with Crippen molar-refractivity contribution >= 4 is 46.5 Å². The van der Waals surface area contributed by atoms with Gasteiger partial charge in [-0.1, -0.05) is 0 Å². The van der Waals surface area contributed by atoms with Crippen LogP contribution in [0.15, 0.2) is 11.4 Å². The van der Waals surface area contributed by atoms with Crippen LogP contribution in [0, 0.1) is 6.92 Å². The number of alkyl halides is 1. The number of aryl methyl sites for hydroxylation is 1. The lowest BCUT2D eigenvalue weighted by Gasteiger charge is -2.13. The third-order valence-corrected chi connectivity index (χ3v) is 5.30. The Kier molecular flexibility index (Phi) is 3.47. The van der Waals surface area contributed by atoms with Gasteiger partial charge in [-0.2, -0.15) is 0 Å². The summed E-state index contributed by atoms with van der Waals surface area (Å²) in [5.74, 6) is 0.919. The van der Waals surface area contributed by atoms with Gasteiger partial charge in [0.1, 0.15) is 0 Å². The first-order chi connectivity index (χ1) is 9.40. The molecule has 2 aromatic rings. The molecule has 3 rings (SSSR count). The summed E-state index contributed by atoms with van der Waals surface area (Å²) >= 11 is 7.43. The summed E-state index contributed by atoms with van der Waals surface area (Å²) in [5, 5.41) is 6.18. The van der Waals surface area contributed by atoms with Crippen LogP contribution >= 0.6 is 30.8 Å². The van der Waals surface area contributed by atoms with E-state index in [1.807, 2.05) is 12.3 Å². The number of halogens is 1. The molecule has 20 heavy (non-hydrogen) atoms. The maximum Gasteiger partial charge on any atom is 0.524 e. The van der Waals surface area contributed by atoms with Gasteiger partial charge < -0.3 is 9.84 Å². The van der Waals surface area contributed by atoms with Gasteiger partial charge in [-0.25, -0.2) is 4.57 Å². The largest absolute Gasteiger partial charge is 0.524 e. The summed E-state index contributed by atoms with van der Waals surface area (Å²) in [5.41, 5.74) is 3.02. The van der Waals surface area contributed by atoms with E-state index in [0.29, 0.717) is 5.88 Å². The topological polar surface area (TPSA) is 78.8 Å². The van der Waals surface area contributed by atoms with E-state index in [-0.39, 0.29) is 11.7 Å². The SMILES string of the molecule is Cc1csc2c(OP(=O)(O)O)cc3c(c12)[C@H](CCl)CN3. The minimum absolute atomic E-state index is 0.201. The molecular formula is C12H13ClNO4PS. The lowest BCUT2D eigenvalue weighted by molar-refractivity contribution is 0.284. The molecule has 0 fully saturated rings. The summed E-state index contributed by atoms with van der Waals surface area (Å²) in [6.07, 6.45) is 0. The number of phosphoric ester groups is 1. The molecule has 0 aliphatic carbocycles. The number of nitrogens with one attached hydrogen (secondary N) is 1. The van der Waals surface area contributed by atoms with E-state index in [4.69, 9.17) is 25.9 Å². The van der Waals surface area contributed by atoms with Crippen molar-refractivity contribution in [2.45, 2.75) is 12.8 Å². The number of thiophene rings is 1. The number of hydrogen-bond acceptors (Lipinski definition) is 4. The van der Waals surface area contributed by atoms with E-state index in [1.165, 1.54) is 11.3 Å². The monoisotopic (exact) mass is 333 g/mol. The van der Waals surface area contributed by atoms with Crippen LogP contribution in [0.3, 0.4) is 0 Å². The third-order valence-electron chi connectivity index (χ3n) is 3.38. The Labute approximate surface area is 124 Å². The van der Waals surface area contributed by atoms with Crippen LogP contribution in [0.25, 0.3) is 10.1 Å². The zero-order valence-corrected chi connectivity index (χ0v) is 13.1. The number of fused-ring (bicyclic) bond motifs is 3. The van der Waals surface area contributed by atoms with E-state index >= 15 is 0 Å². The van der Waals surface area contributed by atoms with E-state index in [2.05, 4.69) is 5.32 Å². The van der Waals surface area contributed by atoms with Gasteiger partial charge >= 0.3 is 7.82 Å². The van der Waals surface area contributed by atoms with Gasteiger partial charge in [0.2, 0.25) is 0 Å². The molecular weight excluding hydrogens is 321 g/mol. The van der Waals surface area contributed by atoms with Gasteiger partial charge in [0.15, 0.2) is 5.75 Å². The second kappa shape index (κ2) is 4.90. The van der Waals surface area contributed by atoms with Gasteiger partial charge in [0.25, 0.3) is 0 Å². The molecule has 0 spiro atoms. The van der Waals surface area contributed by atoms with Crippen molar-refractivity contribution in [3.05, 3.63) is 22.6 Å². The lowest BCUT2D eigenvalue weighted by atomic mass is 9.97. The van der Waals surface area contributed by atoms with Crippen LogP contribution in [0.4, 0.5) is 5.69 Å². The molecule has 0 bridgehead atoms. The van der Waals surface area contributed by atoms with Crippen molar-refractivity contribution in [3.8, 4) is 5.75 Å². The molecule has 3 N–H and O–H groups in total. The zero-order chi connectivity index (χ0) is 14.5. The van der Waals surface area contributed by atoms with E-state index < -0.39 is 7.82 Å². The minimum atomic E-state index is -4.58. The smallest absolute Gasteiger partial charge is 0.403 e. The van der Waals surface area contributed by atoms with Crippen molar-refractivity contribution in [1.29, 1.82) is 0 Å². The van der Waals surface area contributed by atoms with E-state index in [9.17, 15) is 4.57 Å². The standard InChI is InChI=1S/C12H13ClNO4PS/c1-6-5-20-12-9(18-19(15,16)17)2-8-11(10(6)12)7(3-13)4-14-8/h2,5,7,14H,3-4H2,1H3,(H2,15,16,17)/t7-/m1/s1. The molecule has 1 aliphatic heterocycles. The molecule has 0 saturated heterocycles. The zero-order valence-electron chi connectivity index (χ0n) is 10.6. The molecule has 5 nitrogen and oxygen atoms in total. The molecule has 0 amide bonds. The van der Waals surface area contributed by atoms with Gasteiger partial charge in [0.05, 0.1) is 4.70 Å². The van der Waals surface area contributed by atoms with Crippen molar-refractivity contribution in [2.24, 2.45) is 0 Å². The van der Waals surface area contributed by atoms with Gasteiger partial charge in [-0.15, -0.1) is 22.9 Å². The van der Waals surface area contributed by atoms with E-state index in [1.54, 1.807) is 6.07 Å². The molecule has 0 unspecified atom stereocenters. The molecule has 1 aromatic carbocycles. The molecule has 1 atom stereocenters. The summed E-state index contributed by atoms with van der Waals surface area (Å²) in [4.78, 5) is 18.1. The van der Waals surface area contributed by atoms with Crippen LogP contribution < -0.4 is 9.84 Å². The Morgan fingerprint density at radius 2 is 2.35 bits per heavy atom. The first kappa shape index (κ1) is 14.2. The number of benzene rings is 1. The minimum Gasteiger partial charge on any atom is -0.403 e. The van der Waals surface area contributed by atoms with Crippen molar-refractivity contribution in [2.75, 3.05) is 17.7 Å². The molecule has 0 radical (unpaired) electrons. The Balaban J connectivity index is 2.26. The highest BCUT2D eigenvalue weighted by atomic mass is 35.5. The van der Waals surface area contributed by atoms with E-state index in [0.717, 1.165) is 33.4 Å². The van der Waals surface area contributed by atoms with Crippen LogP contribution in [-0.2, 0) is 4.57 Å². The fourth-order valence-electron chi connectivity index (χ4n) is 2.60. The number of phosphoric acid groups is 1. The van der Waals surface area contributed by atoms with Gasteiger partial charge in [-0.3, -0.25) is 9.79 Å². The first-order valence-electron chi connectivity index (χ1n) is 6.00. The summed E-state index contributed by atoms with van der Waals surface area (Å²) in [7, 11) is -4.58. The molecule has 0 saturated carbocycles. The average Bonchev–Trinajstić information content (AvgIpc) is 2.91. The van der Waals surface area contributed by atoms with Gasteiger partial charge in [0, 0.05) is 35.5 Å². The fourth-order valence-corrected chi connectivity index (χ4v) is 4.35. The number of rotatable bonds is 3. The summed E-state index contributed by atoms with van der Waals surface area (Å²) in [6.45, 7) is 2.70. The maximum absolute atomic E-state index is 11.1. The normalized spacial score (nSPS) is 18.1. The Morgan fingerprint density at radius 3 is 3.00 bits per heavy atom. The van der Waals surface area contributed by atoms with Crippen LogP contribution in [-0.4, -0.2) is 22.2 Å². The highest BCUT2D eigenvalue weighted by Crippen LogP contribution is 2.49. The molecule has 108 valence electrons. The summed E-state index contributed by atoms with van der Waals surface area (Å²) < 4.78 is 16.7. The maximum atomic E-state index is 11.1. The number of anilines is 1. The quantitative estimate of drug-likeness (QED) is 0.592. The fraction of sp³-hybridized carbons (Fsp3) is 0.333. The van der Waals surface area contributed by atoms with Crippen molar-refractivity contribution in [3.63, 3.8) is 0 Å². The average molecular weight is 334 g/mol. The van der Waals surface area contributed by atoms with Gasteiger partial charge in [-0.05, 0) is 23.4 Å². The Bertz CT molecular complexity index is 726. The van der Waals surface area contributed by atoms with Crippen LogP contribution in [0.5, 0.6) is 5.75 Å². The van der Waals surface area contributed by atoms with Crippen molar-refractivity contribution in [1.82, 2.24) is 0 Å². The van der Waals surface area contributed by atoms with Crippen LogP contribution in [0.2, 0.25) is 0 Å². The third kappa shape index (κ3) is 2.32. The molecule has 1 aromatic heterocycles. The highest BCUT2D eigenvalue weighted by Gasteiger charge is 2.29. The van der Waals surface area contributed by atoms with Crippen molar-refractivity contribution < 1.29 is 18.9 Å². The summed E-state index contributed by atoms with van der Waals surface area (Å²) in [6, 6.07) is 1.65. The predicted molar refractivity (Wildman–Crippen MR) is 81.2 cm³/mol. The Morgan fingerprint density at radius 1 is 1.60 bits per heavy atom. The van der Waals surface area contributed by atoms with Crippen LogP contribution in [0.1, 0.15) is 17.0 Å². The molecule has 1 aliphatic rings. The molecule has 8 heteroatoms. The lowest BCUT2D eigenvalue weighted by Crippen LogP contribution is -2.02. The second-order valence-corrected chi connectivity index (χ2v) is 7.12. The Hall–Kier alpha value is -0.780. The number of hydrogen-bond donors (Lipinski definition) is 3. The highest BCUT2D eigenvalue weighted by molar-refractivity contribution is 7.46. The second-order valence-electron chi connectivity index (χ2n) is 4.77. The first-order valence-corrected chi connectivity index (χ1v) is 8.95. The predicted octanol–water partition coefficient (Wildman–Crippen LogP) is 3.43. The molecule has 2 heterocycles.